The van der Waals surface area contributed by atoms with Crippen LogP contribution < -0.4 is 20.5 Å². The van der Waals surface area contributed by atoms with Crippen molar-refractivity contribution < 1.29 is 42.3 Å². The van der Waals surface area contributed by atoms with Gasteiger partial charge in [-0.2, -0.15) is 0 Å². The van der Waals surface area contributed by atoms with Gasteiger partial charge in [0.15, 0.2) is 17.4 Å². The first kappa shape index (κ1) is 37.4. The van der Waals surface area contributed by atoms with E-state index in [0.717, 1.165) is 19.6 Å². The molecule has 2 N–H and O–H groups in total. The number of benzene rings is 2. The summed E-state index contributed by atoms with van der Waals surface area (Å²) in [5, 5.41) is 17.3. The van der Waals surface area contributed by atoms with Crippen LogP contribution >= 0.6 is 23.2 Å². The smallest absolute Gasteiger partial charge is 0.291 e. The minimum absolute atomic E-state index is 0.0188. The number of nitrogens with one attached hydrogen (secondary N) is 2. The number of piperazine rings is 1. The number of aromatic nitrogens is 2. The van der Waals surface area contributed by atoms with Crippen molar-refractivity contribution in [2.75, 3.05) is 77.6 Å². The second-order valence-corrected chi connectivity index (χ2v) is 14.4. The Labute approximate surface area is 309 Å². The molecule has 0 spiro atoms. The normalized spacial score (nSPS) is 20.7. The molecule has 0 saturated carbocycles. The standard InChI is InChI=1S/C35H39Cl2F2N7O6/c1-43-27(25-4-5-28(52-20-38)31(39)30(25)37)17-41-32(43)33(49)42-23-2-3-24(26(36)14-23)35(51)45-10-8-44(9-11-45)34(50)22-6-12-46(13-7-22,19-29(47)48)18-21-15-40-16-21/h2-5,14,17,21-22,40H,6-13,15-16,18-20H2,1H3,(H-,42,47,48,49,51). The lowest BCUT2D eigenvalue weighted by Crippen LogP contribution is -2.63. The van der Waals surface area contributed by atoms with E-state index in [0.29, 0.717) is 73.9 Å². The van der Waals surface area contributed by atoms with Crippen molar-refractivity contribution in [3.05, 3.63) is 63.8 Å². The number of aliphatic carboxylic acids is 1. The van der Waals surface area contributed by atoms with Gasteiger partial charge in [-0.25, -0.2) is 13.8 Å². The number of hydrogen-bond acceptors (Lipinski definition) is 8. The number of quaternary nitrogens is 1. The molecule has 52 heavy (non-hydrogen) atoms. The van der Waals surface area contributed by atoms with Crippen molar-refractivity contribution >= 4 is 52.6 Å². The number of rotatable bonds is 11. The van der Waals surface area contributed by atoms with Crippen LogP contribution in [0.1, 0.15) is 33.8 Å². The molecule has 3 saturated heterocycles. The maximum Gasteiger partial charge on any atom is 0.291 e. The predicted octanol–water partition coefficient (Wildman–Crippen LogP) is 2.57. The van der Waals surface area contributed by atoms with Crippen LogP contribution in [0.2, 0.25) is 10.0 Å². The number of carboxylic acid groups (broad SMARTS) is 1. The van der Waals surface area contributed by atoms with E-state index >= 15 is 0 Å². The molecular formula is C35H39Cl2F2N7O6. The minimum Gasteiger partial charge on any atom is -0.544 e. The Morgan fingerprint density at radius 3 is 2.37 bits per heavy atom. The number of alkyl halides is 1. The number of nitrogens with zero attached hydrogens (tertiary/aromatic N) is 5. The van der Waals surface area contributed by atoms with Gasteiger partial charge < -0.3 is 44.1 Å². The van der Waals surface area contributed by atoms with Crippen LogP contribution in [0.5, 0.6) is 5.75 Å². The lowest BCUT2D eigenvalue weighted by atomic mass is 9.90. The maximum atomic E-state index is 14.6. The van der Waals surface area contributed by atoms with Gasteiger partial charge in [-0.05, 0) is 30.3 Å². The number of carboxylic acids is 1. The van der Waals surface area contributed by atoms with E-state index in [9.17, 15) is 33.1 Å². The van der Waals surface area contributed by atoms with Crippen molar-refractivity contribution in [1.29, 1.82) is 0 Å². The van der Waals surface area contributed by atoms with Crippen LogP contribution in [-0.2, 0) is 16.6 Å². The third kappa shape index (κ3) is 7.87. The highest BCUT2D eigenvalue weighted by molar-refractivity contribution is 6.34. The summed E-state index contributed by atoms with van der Waals surface area (Å²) in [5.41, 5.74) is 1.10. The minimum atomic E-state index is -1.22. The van der Waals surface area contributed by atoms with E-state index in [2.05, 4.69) is 20.4 Å². The highest BCUT2D eigenvalue weighted by Gasteiger charge is 2.41. The summed E-state index contributed by atoms with van der Waals surface area (Å²) in [5.74, 6) is -2.97. The molecule has 13 nitrogen and oxygen atoms in total. The summed E-state index contributed by atoms with van der Waals surface area (Å²) in [6.07, 6.45) is 2.58. The van der Waals surface area contributed by atoms with Gasteiger partial charge in [0.05, 0.1) is 53.1 Å². The average Bonchev–Trinajstić information content (AvgIpc) is 3.49. The Balaban J connectivity index is 1.02. The molecule has 2 aromatic carbocycles. The number of piperidine rings is 1. The number of hydrogen-bond donors (Lipinski definition) is 2. The largest absolute Gasteiger partial charge is 0.544 e. The van der Waals surface area contributed by atoms with Crippen molar-refractivity contribution in [2.45, 2.75) is 12.8 Å². The fourth-order valence-corrected chi connectivity index (χ4v) is 7.86. The average molecular weight is 763 g/mol. The number of amides is 3. The van der Waals surface area contributed by atoms with Crippen molar-refractivity contribution in [3.8, 4) is 17.0 Å². The summed E-state index contributed by atoms with van der Waals surface area (Å²) in [6, 6.07) is 7.17. The molecule has 0 aliphatic carbocycles. The number of likely N-dealkylation sites (tertiary alicyclic amines) is 1. The zero-order valence-corrected chi connectivity index (χ0v) is 30.0. The number of ether oxygens (including phenoxy) is 1. The molecular weight excluding hydrogens is 723 g/mol. The first-order chi connectivity index (χ1) is 24.9. The number of imidazole rings is 1. The van der Waals surface area contributed by atoms with Crippen LogP contribution in [0.4, 0.5) is 14.5 Å². The summed E-state index contributed by atoms with van der Waals surface area (Å²) in [6.45, 7) is 3.95. The zero-order chi connectivity index (χ0) is 37.2. The first-order valence-corrected chi connectivity index (χ1v) is 17.8. The molecule has 3 aromatic rings. The van der Waals surface area contributed by atoms with Gasteiger partial charge >= 0.3 is 0 Å². The quantitative estimate of drug-likeness (QED) is 0.284. The Morgan fingerprint density at radius 2 is 1.75 bits per heavy atom. The molecule has 3 fully saturated rings. The number of carbonyl (C=O) groups is 4. The van der Waals surface area contributed by atoms with E-state index in [1.54, 1.807) is 22.9 Å². The van der Waals surface area contributed by atoms with Gasteiger partial charge in [0.25, 0.3) is 11.8 Å². The van der Waals surface area contributed by atoms with E-state index in [-0.39, 0.29) is 57.0 Å². The Bertz CT molecular complexity index is 1860. The van der Waals surface area contributed by atoms with Crippen LogP contribution in [0.25, 0.3) is 11.3 Å². The molecule has 6 rings (SSSR count). The van der Waals surface area contributed by atoms with Crippen LogP contribution in [-0.4, -0.2) is 120 Å². The molecule has 0 unspecified atom stereocenters. The fraction of sp³-hybridized carbons (Fsp3) is 0.457. The van der Waals surface area contributed by atoms with Crippen molar-refractivity contribution in [2.24, 2.45) is 18.9 Å². The second kappa shape index (κ2) is 15.7. The predicted molar refractivity (Wildman–Crippen MR) is 186 cm³/mol. The molecule has 3 aliphatic heterocycles. The van der Waals surface area contributed by atoms with Gasteiger partial charge in [-0.1, -0.05) is 23.2 Å². The lowest BCUT2D eigenvalue weighted by molar-refractivity contribution is -0.931. The van der Waals surface area contributed by atoms with Gasteiger partial charge in [0, 0.05) is 82.2 Å². The van der Waals surface area contributed by atoms with Crippen LogP contribution in [0.3, 0.4) is 0 Å². The molecule has 3 amide bonds. The maximum absolute atomic E-state index is 14.6. The first-order valence-electron chi connectivity index (χ1n) is 17.0. The van der Waals surface area contributed by atoms with E-state index < -0.39 is 24.6 Å². The summed E-state index contributed by atoms with van der Waals surface area (Å²) >= 11 is 12.7. The highest BCUT2D eigenvalue weighted by atomic mass is 35.5. The van der Waals surface area contributed by atoms with Gasteiger partial charge in [-0.15, -0.1) is 0 Å². The number of carbonyl (C=O) groups excluding carboxylic acids is 4. The Hall–Kier alpha value is -4.31. The molecule has 1 aromatic heterocycles. The van der Waals surface area contributed by atoms with E-state index in [1.807, 2.05) is 0 Å². The fourth-order valence-electron chi connectivity index (χ4n) is 7.35. The topological polar surface area (TPSA) is 149 Å². The molecule has 0 atom stereocenters. The van der Waals surface area contributed by atoms with Gasteiger partial charge in [-0.3, -0.25) is 14.4 Å². The summed E-state index contributed by atoms with van der Waals surface area (Å²) in [4.78, 5) is 59.1. The lowest BCUT2D eigenvalue weighted by Gasteiger charge is -2.47. The van der Waals surface area contributed by atoms with Crippen molar-refractivity contribution in [1.82, 2.24) is 24.7 Å². The molecule has 3 aliphatic rings. The Morgan fingerprint density at radius 1 is 1.06 bits per heavy atom. The molecule has 278 valence electrons. The molecule has 4 heterocycles. The third-order valence-electron chi connectivity index (χ3n) is 10.3. The number of halogens is 4. The van der Waals surface area contributed by atoms with E-state index in [4.69, 9.17) is 23.2 Å². The van der Waals surface area contributed by atoms with Gasteiger partial charge in [0.2, 0.25) is 12.8 Å². The van der Waals surface area contributed by atoms with E-state index in [1.165, 1.54) is 35.0 Å². The zero-order valence-electron chi connectivity index (χ0n) is 28.5. The van der Waals surface area contributed by atoms with Crippen molar-refractivity contribution in [3.63, 3.8) is 0 Å². The molecule has 17 heteroatoms. The molecule has 0 radical (unpaired) electrons. The number of anilines is 1. The SMILES string of the molecule is Cn1c(-c2ccc(OCF)c(F)c2Cl)cnc1C(=O)Nc1ccc(C(=O)N2CCN(C(=O)C3CC[N+](CC(=O)[O-])(CC4CNC4)CC3)CC2)c(Cl)c1. The second-order valence-electron chi connectivity index (χ2n) is 13.6. The summed E-state index contributed by atoms with van der Waals surface area (Å²) in [7, 11) is 1.55. The molecule has 0 bridgehead atoms. The highest BCUT2D eigenvalue weighted by Crippen LogP contribution is 2.35. The van der Waals surface area contributed by atoms with Crippen LogP contribution in [0.15, 0.2) is 36.5 Å². The van der Waals surface area contributed by atoms with Crippen LogP contribution in [0, 0.1) is 17.7 Å². The Kier molecular flexibility index (Phi) is 11.3. The third-order valence-corrected chi connectivity index (χ3v) is 11.0. The monoisotopic (exact) mass is 761 g/mol. The van der Waals surface area contributed by atoms with Gasteiger partial charge in [0.1, 0.15) is 6.54 Å². The summed E-state index contributed by atoms with van der Waals surface area (Å²) < 4.78 is 33.6.